The smallest absolute Gasteiger partial charge is 0.414 e. The summed E-state index contributed by atoms with van der Waals surface area (Å²) in [4.78, 5) is 25.9. The van der Waals surface area contributed by atoms with Crippen molar-refractivity contribution < 1.29 is 19.8 Å². The number of fused-ring (bicyclic) bond motifs is 1. The summed E-state index contributed by atoms with van der Waals surface area (Å²) < 4.78 is 0. The number of rotatable bonds is 4. The number of nitrogens with one attached hydrogen (secondary N) is 1. The van der Waals surface area contributed by atoms with E-state index in [1.54, 1.807) is 0 Å². The van der Waals surface area contributed by atoms with Crippen molar-refractivity contribution in [3.05, 3.63) is 29.6 Å². The molecule has 0 saturated heterocycles. The largest absolute Gasteiger partial charge is 0.473 e. The van der Waals surface area contributed by atoms with Crippen molar-refractivity contribution >= 4 is 29.1 Å². The molecule has 2 aliphatic rings. The first-order valence-corrected chi connectivity index (χ1v) is 8.68. The second-order valence-corrected chi connectivity index (χ2v) is 6.77. The first kappa shape index (κ1) is 19.3. The zero-order valence-corrected chi connectivity index (χ0v) is 15.0. The molecule has 0 bridgehead atoms. The maximum Gasteiger partial charge on any atom is 0.414 e. The fourth-order valence-corrected chi connectivity index (χ4v) is 3.04. The molecular formula is C17H23N3O4S. The first-order valence-electron chi connectivity index (χ1n) is 8.27. The first-order chi connectivity index (χ1) is 11.9. The minimum Gasteiger partial charge on any atom is -0.473 e. The molecule has 1 aliphatic carbocycles. The summed E-state index contributed by atoms with van der Waals surface area (Å²) >= 11 is 5.56. The highest BCUT2D eigenvalue weighted by Crippen LogP contribution is 2.23. The summed E-state index contributed by atoms with van der Waals surface area (Å²) in [5, 5.41) is 18.4. The SMILES string of the molecule is CN1CC(CCNC2CC2)Cc2ncccc2C1=S.O=C(O)C(=O)O. The Kier molecular flexibility index (Phi) is 6.83. The summed E-state index contributed by atoms with van der Waals surface area (Å²) in [7, 11) is 2.10. The number of pyridine rings is 1. The average molecular weight is 365 g/mol. The van der Waals surface area contributed by atoms with Gasteiger partial charge in [-0.05, 0) is 50.3 Å². The van der Waals surface area contributed by atoms with Crippen LogP contribution in [-0.4, -0.2) is 63.2 Å². The molecule has 0 amide bonds. The third-order valence-corrected chi connectivity index (χ3v) is 4.76. The van der Waals surface area contributed by atoms with Crippen LogP contribution >= 0.6 is 12.2 Å². The Bertz CT molecular complexity index is 637. The minimum absolute atomic E-state index is 0.644. The van der Waals surface area contributed by atoms with Gasteiger partial charge in [0.15, 0.2) is 0 Å². The van der Waals surface area contributed by atoms with E-state index in [4.69, 9.17) is 32.0 Å². The normalized spacial score (nSPS) is 19.3. The van der Waals surface area contributed by atoms with Gasteiger partial charge in [0.25, 0.3) is 0 Å². The van der Waals surface area contributed by atoms with Crippen LogP contribution < -0.4 is 5.32 Å². The Balaban J connectivity index is 0.000000326. The van der Waals surface area contributed by atoms with E-state index >= 15 is 0 Å². The van der Waals surface area contributed by atoms with Crippen LogP contribution in [0.4, 0.5) is 0 Å². The van der Waals surface area contributed by atoms with Crippen molar-refractivity contribution in [2.24, 2.45) is 5.92 Å². The van der Waals surface area contributed by atoms with Crippen molar-refractivity contribution in [1.29, 1.82) is 0 Å². The van der Waals surface area contributed by atoms with Crippen molar-refractivity contribution in [3.8, 4) is 0 Å². The molecule has 136 valence electrons. The van der Waals surface area contributed by atoms with Crippen LogP contribution in [0.2, 0.25) is 0 Å². The standard InChI is InChI=1S/C15H21N3S.C2H2O4/c1-18-10-11(6-8-16-12-4-5-12)9-14-13(15(18)19)3-2-7-17-14;3-1(4)2(5)6/h2-3,7,11-12,16H,4-6,8-10H2,1H3;(H,3,4)(H,5,6). The van der Waals surface area contributed by atoms with Crippen LogP contribution in [-0.2, 0) is 16.0 Å². The third-order valence-electron chi connectivity index (χ3n) is 4.23. The molecule has 3 rings (SSSR count). The second-order valence-electron chi connectivity index (χ2n) is 6.38. The quantitative estimate of drug-likeness (QED) is 0.540. The van der Waals surface area contributed by atoms with Gasteiger partial charge in [0.2, 0.25) is 0 Å². The molecular weight excluding hydrogens is 342 g/mol. The number of carboxylic acids is 2. The van der Waals surface area contributed by atoms with Crippen molar-refractivity contribution in [2.45, 2.75) is 31.7 Å². The number of aromatic nitrogens is 1. The highest BCUT2D eigenvalue weighted by molar-refractivity contribution is 7.80. The van der Waals surface area contributed by atoms with Gasteiger partial charge in [0, 0.05) is 31.4 Å². The van der Waals surface area contributed by atoms with E-state index in [1.807, 2.05) is 12.3 Å². The van der Waals surface area contributed by atoms with Crippen LogP contribution in [0.1, 0.15) is 30.5 Å². The molecule has 7 nitrogen and oxygen atoms in total. The number of hydrogen-bond donors (Lipinski definition) is 3. The number of aliphatic carboxylic acids is 2. The van der Waals surface area contributed by atoms with Crippen LogP contribution in [0.3, 0.4) is 0 Å². The highest BCUT2D eigenvalue weighted by atomic mass is 32.1. The van der Waals surface area contributed by atoms with Gasteiger partial charge in [-0.3, -0.25) is 4.98 Å². The number of carboxylic acid groups (broad SMARTS) is 2. The molecule has 0 radical (unpaired) electrons. The van der Waals surface area contributed by atoms with Gasteiger partial charge in [0.05, 0.1) is 5.69 Å². The Hall–Kier alpha value is -2.06. The molecule has 1 atom stereocenters. The van der Waals surface area contributed by atoms with E-state index in [-0.39, 0.29) is 0 Å². The summed E-state index contributed by atoms with van der Waals surface area (Å²) in [5.74, 6) is -3.00. The van der Waals surface area contributed by atoms with Gasteiger partial charge in [-0.1, -0.05) is 12.2 Å². The monoisotopic (exact) mass is 365 g/mol. The molecule has 1 aromatic rings. The van der Waals surface area contributed by atoms with Crippen LogP contribution in [0.15, 0.2) is 18.3 Å². The topological polar surface area (TPSA) is 103 Å². The number of nitrogens with zero attached hydrogens (tertiary/aromatic N) is 2. The molecule has 0 aromatic carbocycles. The summed E-state index contributed by atoms with van der Waals surface area (Å²) in [6.07, 6.45) is 6.86. The lowest BCUT2D eigenvalue weighted by atomic mass is 9.98. The summed E-state index contributed by atoms with van der Waals surface area (Å²) in [5.41, 5.74) is 2.32. The van der Waals surface area contributed by atoms with E-state index in [0.29, 0.717) is 5.92 Å². The lowest BCUT2D eigenvalue weighted by Crippen LogP contribution is -2.30. The maximum absolute atomic E-state index is 9.10. The van der Waals surface area contributed by atoms with E-state index in [2.05, 4.69) is 28.3 Å². The third kappa shape index (κ3) is 6.06. The average Bonchev–Trinajstić information content (AvgIpc) is 3.39. The van der Waals surface area contributed by atoms with Gasteiger partial charge in [0.1, 0.15) is 4.99 Å². The van der Waals surface area contributed by atoms with Crippen molar-refractivity contribution in [1.82, 2.24) is 15.2 Å². The lowest BCUT2D eigenvalue weighted by Gasteiger charge is -2.22. The Morgan fingerprint density at radius 2 is 2.04 bits per heavy atom. The van der Waals surface area contributed by atoms with E-state index in [9.17, 15) is 0 Å². The van der Waals surface area contributed by atoms with Gasteiger partial charge in [-0.25, -0.2) is 9.59 Å². The van der Waals surface area contributed by atoms with E-state index in [0.717, 1.165) is 36.1 Å². The highest BCUT2D eigenvalue weighted by Gasteiger charge is 2.25. The fraction of sp³-hybridized carbons (Fsp3) is 0.529. The van der Waals surface area contributed by atoms with Gasteiger partial charge >= 0.3 is 11.9 Å². The predicted octanol–water partition coefficient (Wildman–Crippen LogP) is 1.16. The zero-order valence-electron chi connectivity index (χ0n) is 14.1. The van der Waals surface area contributed by atoms with E-state index in [1.165, 1.54) is 25.0 Å². The molecule has 1 saturated carbocycles. The number of carbonyl (C=O) groups is 2. The molecule has 1 unspecified atom stereocenters. The fourth-order valence-electron chi connectivity index (χ4n) is 2.78. The van der Waals surface area contributed by atoms with Gasteiger partial charge in [-0.2, -0.15) is 0 Å². The minimum atomic E-state index is -1.82. The molecule has 3 N–H and O–H groups in total. The molecule has 25 heavy (non-hydrogen) atoms. The second kappa shape index (κ2) is 8.87. The van der Waals surface area contributed by atoms with Crippen molar-refractivity contribution in [2.75, 3.05) is 20.1 Å². The van der Waals surface area contributed by atoms with Gasteiger partial charge in [-0.15, -0.1) is 0 Å². The van der Waals surface area contributed by atoms with E-state index < -0.39 is 11.9 Å². The zero-order chi connectivity index (χ0) is 18.4. The van der Waals surface area contributed by atoms with Crippen LogP contribution in [0.5, 0.6) is 0 Å². The molecule has 1 aliphatic heterocycles. The van der Waals surface area contributed by atoms with Crippen LogP contribution in [0, 0.1) is 5.92 Å². The van der Waals surface area contributed by atoms with Crippen molar-refractivity contribution in [3.63, 3.8) is 0 Å². The summed E-state index contributed by atoms with van der Waals surface area (Å²) in [6.45, 7) is 2.17. The maximum atomic E-state index is 9.10. The molecule has 2 heterocycles. The molecule has 1 fully saturated rings. The molecule has 8 heteroatoms. The Morgan fingerprint density at radius 1 is 1.36 bits per heavy atom. The number of thiocarbonyl (C=S) groups is 1. The molecule has 0 spiro atoms. The Morgan fingerprint density at radius 3 is 2.64 bits per heavy atom. The predicted molar refractivity (Wildman–Crippen MR) is 96.7 cm³/mol. The molecule has 1 aromatic heterocycles. The van der Waals surface area contributed by atoms with Crippen LogP contribution in [0.25, 0.3) is 0 Å². The number of hydrogen-bond acceptors (Lipinski definition) is 5. The Labute approximate surface area is 152 Å². The van der Waals surface area contributed by atoms with Gasteiger partial charge < -0.3 is 20.4 Å². The lowest BCUT2D eigenvalue weighted by molar-refractivity contribution is -0.159. The summed E-state index contributed by atoms with van der Waals surface area (Å²) in [6, 6.07) is 4.88.